The zero-order valence-electron chi connectivity index (χ0n) is 10.1. The molecule has 3 nitrogen and oxygen atoms in total. The van der Waals surface area contributed by atoms with E-state index in [0.717, 1.165) is 24.8 Å². The molecule has 3 rings (SSSR count). The van der Waals surface area contributed by atoms with Gasteiger partial charge in [-0.1, -0.05) is 12.1 Å². The molecule has 4 heteroatoms. The third-order valence-electron chi connectivity index (χ3n) is 3.10. The van der Waals surface area contributed by atoms with Gasteiger partial charge in [-0.05, 0) is 59.2 Å². The Bertz CT molecular complexity index is 514. The molecule has 0 radical (unpaired) electrons. The van der Waals surface area contributed by atoms with Crippen molar-refractivity contribution in [2.75, 3.05) is 0 Å². The fraction of sp³-hybridized carbons (Fsp3) is 0.357. The van der Waals surface area contributed by atoms with Crippen LogP contribution in [0.3, 0.4) is 0 Å². The van der Waals surface area contributed by atoms with Gasteiger partial charge in [0.05, 0.1) is 12.2 Å². The predicted octanol–water partition coefficient (Wildman–Crippen LogP) is 2.79. The quantitative estimate of drug-likeness (QED) is 0.838. The highest BCUT2D eigenvalue weighted by atomic mass is 127. The second-order valence-electron chi connectivity index (χ2n) is 4.79. The summed E-state index contributed by atoms with van der Waals surface area (Å²) in [6, 6.07) is 11.4. The lowest BCUT2D eigenvalue weighted by atomic mass is 10.2. The number of rotatable bonds is 5. The van der Waals surface area contributed by atoms with E-state index in [1.54, 1.807) is 0 Å². The minimum Gasteiger partial charge on any atom is -0.308 e. The van der Waals surface area contributed by atoms with Crippen molar-refractivity contribution in [1.82, 2.24) is 15.1 Å². The van der Waals surface area contributed by atoms with Gasteiger partial charge in [-0.3, -0.25) is 4.68 Å². The minimum atomic E-state index is 0.742. The lowest BCUT2D eigenvalue weighted by molar-refractivity contribution is 0.631. The van der Waals surface area contributed by atoms with E-state index in [4.69, 9.17) is 0 Å². The molecule has 0 amide bonds. The van der Waals surface area contributed by atoms with Crippen LogP contribution in [0.2, 0.25) is 0 Å². The molecule has 1 aliphatic carbocycles. The molecule has 1 aromatic carbocycles. The van der Waals surface area contributed by atoms with Gasteiger partial charge >= 0.3 is 0 Å². The Labute approximate surface area is 121 Å². The normalized spacial score (nSPS) is 14.9. The summed E-state index contributed by atoms with van der Waals surface area (Å²) in [6.07, 6.45) is 4.70. The molecule has 94 valence electrons. The van der Waals surface area contributed by atoms with Crippen LogP contribution in [0.25, 0.3) is 0 Å². The van der Waals surface area contributed by atoms with Gasteiger partial charge in [0, 0.05) is 22.4 Å². The summed E-state index contributed by atoms with van der Waals surface area (Å²) in [6.45, 7) is 1.74. The molecule has 0 aliphatic heterocycles. The molecule has 0 atom stereocenters. The van der Waals surface area contributed by atoms with Gasteiger partial charge in [0.1, 0.15) is 0 Å². The largest absolute Gasteiger partial charge is 0.308 e. The first-order valence-corrected chi connectivity index (χ1v) is 7.37. The van der Waals surface area contributed by atoms with E-state index in [9.17, 15) is 0 Å². The van der Waals surface area contributed by atoms with E-state index in [-0.39, 0.29) is 0 Å². The maximum Gasteiger partial charge on any atom is 0.0762 e. The van der Waals surface area contributed by atoms with Crippen molar-refractivity contribution in [2.45, 2.75) is 32.0 Å². The Morgan fingerprint density at radius 1 is 1.22 bits per heavy atom. The standard InChI is InChI=1S/C14H16IN3/c15-12-3-1-11(2-4-12)10-18-8-7-14(17-18)9-16-13-5-6-13/h1-4,7-8,13,16H,5-6,9-10H2. The monoisotopic (exact) mass is 353 g/mol. The number of benzene rings is 1. The molecule has 1 aliphatic rings. The maximum atomic E-state index is 4.58. The number of halogens is 1. The zero-order valence-corrected chi connectivity index (χ0v) is 12.3. The summed E-state index contributed by atoms with van der Waals surface area (Å²) in [5.74, 6) is 0. The van der Waals surface area contributed by atoms with Crippen molar-refractivity contribution in [1.29, 1.82) is 0 Å². The molecule has 0 unspecified atom stereocenters. The summed E-state index contributed by atoms with van der Waals surface area (Å²) in [5.41, 5.74) is 2.42. The first kappa shape index (κ1) is 12.2. The smallest absolute Gasteiger partial charge is 0.0762 e. The van der Waals surface area contributed by atoms with E-state index in [2.05, 4.69) is 69.5 Å². The van der Waals surface area contributed by atoms with Crippen LogP contribution in [0.1, 0.15) is 24.1 Å². The minimum absolute atomic E-state index is 0.742. The number of hydrogen-bond donors (Lipinski definition) is 1. The van der Waals surface area contributed by atoms with Gasteiger partial charge in [0.25, 0.3) is 0 Å². The van der Waals surface area contributed by atoms with Crippen LogP contribution in [0, 0.1) is 3.57 Å². The molecule has 18 heavy (non-hydrogen) atoms. The van der Waals surface area contributed by atoms with Crippen LogP contribution >= 0.6 is 22.6 Å². The van der Waals surface area contributed by atoms with Crippen LogP contribution in [0.15, 0.2) is 36.5 Å². The molecule has 1 heterocycles. The summed E-state index contributed by atoms with van der Waals surface area (Å²) in [4.78, 5) is 0. The molecular formula is C14H16IN3. The van der Waals surface area contributed by atoms with Crippen LogP contribution < -0.4 is 5.32 Å². The lowest BCUT2D eigenvalue weighted by Gasteiger charge is -2.02. The van der Waals surface area contributed by atoms with Gasteiger partial charge in [-0.2, -0.15) is 5.10 Å². The molecule has 0 saturated heterocycles. The van der Waals surface area contributed by atoms with Crippen LogP contribution in [-0.4, -0.2) is 15.8 Å². The number of aromatic nitrogens is 2. The second-order valence-corrected chi connectivity index (χ2v) is 6.03. The van der Waals surface area contributed by atoms with E-state index < -0.39 is 0 Å². The average Bonchev–Trinajstić information content (AvgIpc) is 3.10. The van der Waals surface area contributed by atoms with Gasteiger partial charge in [-0.25, -0.2) is 0 Å². The van der Waals surface area contributed by atoms with E-state index in [0.29, 0.717) is 0 Å². The van der Waals surface area contributed by atoms with Gasteiger partial charge in [0.15, 0.2) is 0 Å². The second kappa shape index (κ2) is 5.40. The van der Waals surface area contributed by atoms with E-state index >= 15 is 0 Å². The van der Waals surface area contributed by atoms with Crippen molar-refractivity contribution in [3.8, 4) is 0 Å². The maximum absolute atomic E-state index is 4.58. The molecule has 0 bridgehead atoms. The van der Waals surface area contributed by atoms with Crippen molar-refractivity contribution in [3.63, 3.8) is 0 Å². The highest BCUT2D eigenvalue weighted by Crippen LogP contribution is 2.19. The van der Waals surface area contributed by atoms with Gasteiger partial charge in [0.2, 0.25) is 0 Å². The topological polar surface area (TPSA) is 29.9 Å². The molecular weight excluding hydrogens is 337 g/mol. The SMILES string of the molecule is Ic1ccc(Cn2ccc(CNC3CC3)n2)cc1. The zero-order chi connectivity index (χ0) is 12.4. The Morgan fingerprint density at radius 3 is 2.72 bits per heavy atom. The Hall–Kier alpha value is -0.880. The fourth-order valence-corrected chi connectivity index (χ4v) is 2.26. The van der Waals surface area contributed by atoms with Gasteiger partial charge < -0.3 is 5.32 Å². The Balaban J connectivity index is 1.60. The third-order valence-corrected chi connectivity index (χ3v) is 3.82. The Morgan fingerprint density at radius 2 is 2.00 bits per heavy atom. The molecule has 1 N–H and O–H groups in total. The molecule has 1 aromatic heterocycles. The van der Waals surface area contributed by atoms with Crippen molar-refractivity contribution < 1.29 is 0 Å². The summed E-state index contributed by atoms with van der Waals surface area (Å²) in [5, 5.41) is 8.06. The first-order valence-electron chi connectivity index (χ1n) is 6.30. The number of nitrogens with zero attached hydrogens (tertiary/aromatic N) is 2. The number of nitrogens with one attached hydrogen (secondary N) is 1. The number of hydrogen-bond acceptors (Lipinski definition) is 2. The van der Waals surface area contributed by atoms with Crippen molar-refractivity contribution in [3.05, 3.63) is 51.4 Å². The molecule has 2 aromatic rings. The molecule has 1 saturated carbocycles. The summed E-state index contributed by atoms with van der Waals surface area (Å²) in [7, 11) is 0. The van der Waals surface area contributed by atoms with Crippen LogP contribution in [0.4, 0.5) is 0 Å². The highest BCUT2D eigenvalue weighted by Gasteiger charge is 2.20. The Kier molecular flexibility index (Phi) is 3.65. The fourth-order valence-electron chi connectivity index (χ4n) is 1.90. The summed E-state index contributed by atoms with van der Waals surface area (Å²) < 4.78 is 3.28. The van der Waals surface area contributed by atoms with Crippen molar-refractivity contribution >= 4 is 22.6 Å². The van der Waals surface area contributed by atoms with Crippen LogP contribution in [-0.2, 0) is 13.1 Å². The lowest BCUT2D eigenvalue weighted by Crippen LogP contribution is -2.16. The third kappa shape index (κ3) is 3.32. The first-order chi connectivity index (χ1) is 8.79. The highest BCUT2D eigenvalue weighted by molar-refractivity contribution is 14.1. The van der Waals surface area contributed by atoms with E-state index in [1.165, 1.54) is 22.0 Å². The molecule has 0 spiro atoms. The van der Waals surface area contributed by atoms with Crippen molar-refractivity contribution in [2.24, 2.45) is 0 Å². The summed E-state index contributed by atoms with van der Waals surface area (Å²) >= 11 is 2.32. The average molecular weight is 353 g/mol. The van der Waals surface area contributed by atoms with Crippen LogP contribution in [0.5, 0.6) is 0 Å². The van der Waals surface area contributed by atoms with E-state index in [1.807, 2.05) is 4.68 Å². The molecule has 1 fully saturated rings. The van der Waals surface area contributed by atoms with Gasteiger partial charge in [-0.15, -0.1) is 0 Å². The predicted molar refractivity (Wildman–Crippen MR) is 80.3 cm³/mol.